The molecule has 0 aliphatic carbocycles. The molecule has 2 N–H and O–H groups in total. The minimum atomic E-state index is -0.414. The third kappa shape index (κ3) is 3.55. The van der Waals surface area contributed by atoms with Crippen LogP contribution >= 0.6 is 11.3 Å². The fourth-order valence-electron chi connectivity index (χ4n) is 3.20. The summed E-state index contributed by atoms with van der Waals surface area (Å²) < 4.78 is 14.2. The molecule has 1 fully saturated rings. The molecule has 0 radical (unpaired) electrons. The zero-order chi connectivity index (χ0) is 19.8. The smallest absolute Gasteiger partial charge is 0.274 e. The molecule has 1 unspecified atom stereocenters. The zero-order valence-corrected chi connectivity index (χ0v) is 16.3. The molecule has 9 heteroatoms. The first-order chi connectivity index (χ1) is 13.4. The van der Waals surface area contributed by atoms with E-state index in [-0.39, 0.29) is 24.5 Å². The maximum absolute atomic E-state index is 13.5. The predicted molar refractivity (Wildman–Crippen MR) is 105 cm³/mol. The summed E-state index contributed by atoms with van der Waals surface area (Å²) in [5, 5.41) is 12.3. The lowest BCUT2D eigenvalue weighted by Crippen LogP contribution is -2.51. The van der Waals surface area contributed by atoms with Crippen LogP contribution < -0.4 is 5.32 Å². The molecule has 1 amide bonds. The Morgan fingerprint density at radius 3 is 2.89 bits per heavy atom. The van der Waals surface area contributed by atoms with Crippen LogP contribution in [0.3, 0.4) is 0 Å². The van der Waals surface area contributed by atoms with Gasteiger partial charge in [0.2, 0.25) is 5.95 Å². The van der Waals surface area contributed by atoms with E-state index in [2.05, 4.69) is 20.3 Å². The quantitative estimate of drug-likeness (QED) is 0.683. The van der Waals surface area contributed by atoms with Crippen molar-refractivity contribution >= 4 is 33.4 Å². The van der Waals surface area contributed by atoms with Crippen molar-refractivity contribution < 1.29 is 14.3 Å². The number of carbonyl (C=O) groups excluding carboxylic acids is 1. The number of anilines is 1. The maximum atomic E-state index is 13.5. The fraction of sp³-hybridized carbons (Fsp3) is 0.368. The van der Waals surface area contributed by atoms with E-state index in [0.29, 0.717) is 35.8 Å². The molecule has 0 bridgehead atoms. The Kier molecular flexibility index (Phi) is 4.94. The van der Waals surface area contributed by atoms with Crippen molar-refractivity contribution in [1.82, 2.24) is 19.9 Å². The molecule has 1 aliphatic rings. The Labute approximate surface area is 165 Å². The minimum Gasteiger partial charge on any atom is -0.396 e. The number of carbonyl (C=O) groups is 1. The predicted octanol–water partition coefficient (Wildman–Crippen LogP) is 2.77. The van der Waals surface area contributed by atoms with Crippen LogP contribution in [-0.2, 0) is 0 Å². The van der Waals surface area contributed by atoms with Gasteiger partial charge >= 0.3 is 0 Å². The van der Waals surface area contributed by atoms with Crippen molar-refractivity contribution in [2.24, 2.45) is 5.92 Å². The molecule has 4 rings (SSSR count). The number of thiophene rings is 1. The number of nitrogens with one attached hydrogen (secondary N) is 1. The van der Waals surface area contributed by atoms with Gasteiger partial charge in [0.1, 0.15) is 5.82 Å². The molecule has 28 heavy (non-hydrogen) atoms. The molecule has 0 aromatic carbocycles. The maximum Gasteiger partial charge on any atom is 0.274 e. The lowest BCUT2D eigenvalue weighted by atomic mass is 10.0. The molecule has 1 atom stereocenters. The topological polar surface area (TPSA) is 91.2 Å². The first kappa shape index (κ1) is 18.7. The summed E-state index contributed by atoms with van der Waals surface area (Å²) in [5.41, 5.74) is 1.71. The summed E-state index contributed by atoms with van der Waals surface area (Å²) in [6.45, 7) is 4.94. The van der Waals surface area contributed by atoms with Crippen LogP contribution in [0.15, 0.2) is 24.5 Å². The van der Waals surface area contributed by atoms with Gasteiger partial charge < -0.3 is 15.3 Å². The molecular weight excluding hydrogens is 381 g/mol. The Morgan fingerprint density at radius 2 is 2.18 bits per heavy atom. The molecular formula is C19H20FN5O2S. The normalized spacial score (nSPS) is 15.5. The van der Waals surface area contributed by atoms with Crippen LogP contribution in [0.5, 0.6) is 0 Å². The van der Waals surface area contributed by atoms with Gasteiger partial charge in [-0.25, -0.2) is 14.4 Å². The molecule has 3 aromatic rings. The summed E-state index contributed by atoms with van der Waals surface area (Å²) in [7, 11) is 0. The number of pyridine rings is 1. The van der Waals surface area contributed by atoms with Crippen LogP contribution in [0.25, 0.3) is 10.2 Å². The molecule has 7 nitrogen and oxygen atoms in total. The van der Waals surface area contributed by atoms with Crippen molar-refractivity contribution in [1.29, 1.82) is 0 Å². The lowest BCUT2D eigenvalue weighted by Gasteiger charge is -2.38. The molecule has 3 aromatic heterocycles. The summed E-state index contributed by atoms with van der Waals surface area (Å²) in [4.78, 5) is 28.5. The minimum absolute atomic E-state index is 0.0765. The van der Waals surface area contributed by atoms with Gasteiger partial charge in [0, 0.05) is 36.7 Å². The highest BCUT2D eigenvalue weighted by molar-refractivity contribution is 7.19. The number of aliphatic hydroxyl groups is 1. The molecule has 1 aliphatic heterocycles. The van der Waals surface area contributed by atoms with E-state index in [4.69, 9.17) is 0 Å². The number of aryl methyl sites for hydroxylation is 1. The van der Waals surface area contributed by atoms with Crippen LogP contribution in [0, 0.1) is 18.7 Å². The lowest BCUT2D eigenvalue weighted by molar-refractivity contribution is 0.0359. The zero-order valence-electron chi connectivity index (χ0n) is 15.5. The molecule has 0 saturated carbocycles. The number of hydrogen-bond donors (Lipinski definition) is 2. The van der Waals surface area contributed by atoms with Gasteiger partial charge in [-0.05, 0) is 31.5 Å². The van der Waals surface area contributed by atoms with Gasteiger partial charge in [-0.1, -0.05) is 0 Å². The average molecular weight is 401 g/mol. The molecule has 4 heterocycles. The number of fused-ring (bicyclic) bond motifs is 1. The van der Waals surface area contributed by atoms with Crippen molar-refractivity contribution in [3.8, 4) is 0 Å². The van der Waals surface area contributed by atoms with E-state index in [0.717, 1.165) is 15.8 Å². The van der Waals surface area contributed by atoms with Crippen LogP contribution in [0.4, 0.5) is 10.3 Å². The number of aromatic nitrogens is 3. The van der Waals surface area contributed by atoms with E-state index < -0.39 is 5.82 Å². The highest BCUT2D eigenvalue weighted by atomic mass is 32.1. The van der Waals surface area contributed by atoms with Gasteiger partial charge in [-0.2, -0.15) is 0 Å². The van der Waals surface area contributed by atoms with E-state index >= 15 is 0 Å². The molecule has 1 saturated heterocycles. The highest BCUT2D eigenvalue weighted by Crippen LogP contribution is 2.30. The number of amides is 1. The first-order valence-electron chi connectivity index (χ1n) is 9.00. The second-order valence-electron chi connectivity index (χ2n) is 7.03. The Hall–Kier alpha value is -2.65. The summed E-state index contributed by atoms with van der Waals surface area (Å²) >= 11 is 1.48. The molecule has 146 valence electrons. The van der Waals surface area contributed by atoms with E-state index in [1.807, 2.05) is 19.9 Å². The highest BCUT2D eigenvalue weighted by Gasteiger charge is 2.33. The van der Waals surface area contributed by atoms with Crippen LogP contribution in [-0.4, -0.2) is 50.6 Å². The van der Waals surface area contributed by atoms with Gasteiger partial charge in [0.05, 0.1) is 22.5 Å². The van der Waals surface area contributed by atoms with Crippen LogP contribution in [0.2, 0.25) is 0 Å². The largest absolute Gasteiger partial charge is 0.396 e. The second kappa shape index (κ2) is 7.40. The van der Waals surface area contributed by atoms with Crippen molar-refractivity contribution in [3.63, 3.8) is 0 Å². The van der Waals surface area contributed by atoms with E-state index in [1.54, 1.807) is 11.1 Å². The monoisotopic (exact) mass is 401 g/mol. The number of rotatable bonds is 5. The van der Waals surface area contributed by atoms with Crippen LogP contribution in [0.1, 0.15) is 33.9 Å². The third-order valence-electron chi connectivity index (χ3n) is 4.77. The number of aliphatic hydroxyl groups excluding tert-OH is 1. The van der Waals surface area contributed by atoms with Gasteiger partial charge in [-0.3, -0.25) is 9.78 Å². The Bertz CT molecular complexity index is 1030. The van der Waals surface area contributed by atoms with Crippen molar-refractivity contribution in [2.45, 2.75) is 19.9 Å². The fourth-order valence-corrected chi connectivity index (χ4v) is 4.13. The van der Waals surface area contributed by atoms with Gasteiger partial charge in [0.15, 0.2) is 5.69 Å². The summed E-state index contributed by atoms with van der Waals surface area (Å²) in [5.74, 6) is -0.140. The SMILES string of the molecule is Cc1cc2nc(NC(C)c3cncc(F)c3)nc(C(=O)N3CC(CO)C3)c2s1. The van der Waals surface area contributed by atoms with Gasteiger partial charge in [0.25, 0.3) is 5.91 Å². The third-order valence-corrected chi connectivity index (χ3v) is 5.82. The number of nitrogens with zero attached hydrogens (tertiary/aromatic N) is 4. The van der Waals surface area contributed by atoms with E-state index in [1.165, 1.54) is 17.4 Å². The average Bonchev–Trinajstić information content (AvgIpc) is 3.00. The summed E-state index contributed by atoms with van der Waals surface area (Å²) in [6.07, 6.45) is 2.73. The standard InChI is InChI=1S/C19H20FN5O2S/c1-10-3-15-17(28-10)16(18(27)25-7-12(8-25)9-26)24-19(23-15)22-11(2)13-4-14(20)6-21-5-13/h3-6,11-12,26H,7-9H2,1-2H3,(H,22,23,24). The first-order valence-corrected chi connectivity index (χ1v) is 9.81. The Balaban J connectivity index is 1.65. The Morgan fingerprint density at radius 1 is 1.39 bits per heavy atom. The second-order valence-corrected chi connectivity index (χ2v) is 8.28. The number of halogens is 1. The van der Waals surface area contributed by atoms with Crippen molar-refractivity contribution in [3.05, 3.63) is 46.5 Å². The van der Waals surface area contributed by atoms with E-state index in [9.17, 15) is 14.3 Å². The van der Waals surface area contributed by atoms with Crippen molar-refractivity contribution in [2.75, 3.05) is 25.0 Å². The molecule has 0 spiro atoms. The summed E-state index contributed by atoms with van der Waals surface area (Å²) in [6, 6.07) is 3.04. The number of hydrogen-bond acceptors (Lipinski definition) is 7. The number of likely N-dealkylation sites (tertiary alicyclic amines) is 1. The van der Waals surface area contributed by atoms with Gasteiger partial charge in [-0.15, -0.1) is 11.3 Å².